The number of ether oxygens (including phenoxy) is 3. The molecule has 0 spiro atoms. The molecule has 0 atom stereocenters. The Balaban J connectivity index is 1.19. The second-order valence-electron chi connectivity index (χ2n) is 9.66. The van der Waals surface area contributed by atoms with Crippen LogP contribution < -0.4 is 24.4 Å². The Morgan fingerprint density at radius 2 is 1.66 bits per heavy atom. The summed E-state index contributed by atoms with van der Waals surface area (Å²) in [6.45, 7) is 10.5. The maximum atomic E-state index is 12.5. The van der Waals surface area contributed by atoms with Crippen LogP contribution in [-0.2, 0) is 6.54 Å². The molecule has 0 unspecified atom stereocenters. The average molecular weight is 518 g/mol. The van der Waals surface area contributed by atoms with E-state index in [-0.39, 0.29) is 5.91 Å². The molecule has 0 aromatic heterocycles. The van der Waals surface area contributed by atoms with Gasteiger partial charge in [0.05, 0.1) is 20.8 Å². The Bertz CT molecular complexity index is 1220. The van der Waals surface area contributed by atoms with Crippen molar-refractivity contribution >= 4 is 11.6 Å². The van der Waals surface area contributed by atoms with E-state index in [2.05, 4.69) is 65.4 Å². The van der Waals surface area contributed by atoms with Crippen LogP contribution in [0.1, 0.15) is 33.5 Å². The van der Waals surface area contributed by atoms with E-state index in [0.717, 1.165) is 38.5 Å². The summed E-state index contributed by atoms with van der Waals surface area (Å²) in [6, 6.07) is 20.0. The number of rotatable bonds is 11. The van der Waals surface area contributed by atoms with Crippen LogP contribution in [0.15, 0.2) is 60.7 Å². The number of amides is 1. The molecule has 1 aliphatic rings. The molecule has 7 heteroatoms. The zero-order chi connectivity index (χ0) is 26.9. The first-order valence-electron chi connectivity index (χ1n) is 13.2. The summed E-state index contributed by atoms with van der Waals surface area (Å²) in [5, 5.41) is 2.94. The lowest BCUT2D eigenvalue weighted by atomic mass is 10.1. The second kappa shape index (κ2) is 13.2. The number of nitrogens with one attached hydrogen (secondary N) is 1. The maximum Gasteiger partial charge on any atom is 0.251 e. The number of carbonyl (C=O) groups excluding carboxylic acids is 1. The highest BCUT2D eigenvalue weighted by Gasteiger charge is 2.19. The quantitative estimate of drug-likeness (QED) is 0.367. The Morgan fingerprint density at radius 3 is 2.42 bits per heavy atom. The highest BCUT2D eigenvalue weighted by Crippen LogP contribution is 2.27. The van der Waals surface area contributed by atoms with Gasteiger partial charge in [-0.2, -0.15) is 0 Å². The fraction of sp³-hybridized carbons (Fsp3) is 0.387. The molecule has 0 saturated carbocycles. The summed E-state index contributed by atoms with van der Waals surface area (Å²) in [7, 11) is 3.13. The number of anilines is 1. The molecule has 0 bridgehead atoms. The standard InChI is InChI=1S/C31H39N3O4/c1-23-8-5-11-28(24(23)2)34-17-15-33(16-18-34)22-25-9-6-10-27(20-25)38-19-7-14-32-31(35)26-12-13-29(36-3)30(21-26)37-4/h5-6,8-13,20-21H,7,14-19,22H2,1-4H3,(H,32,35). The lowest BCUT2D eigenvalue weighted by Gasteiger charge is -2.37. The highest BCUT2D eigenvalue weighted by atomic mass is 16.5. The van der Waals surface area contributed by atoms with Crippen molar-refractivity contribution in [3.63, 3.8) is 0 Å². The lowest BCUT2D eigenvalue weighted by Crippen LogP contribution is -2.46. The molecule has 3 aromatic carbocycles. The van der Waals surface area contributed by atoms with Gasteiger partial charge in [-0.05, 0) is 73.4 Å². The third kappa shape index (κ3) is 6.98. The first-order valence-corrected chi connectivity index (χ1v) is 13.2. The van der Waals surface area contributed by atoms with Gasteiger partial charge in [-0.3, -0.25) is 9.69 Å². The molecular weight excluding hydrogens is 478 g/mol. The monoisotopic (exact) mass is 517 g/mol. The van der Waals surface area contributed by atoms with Crippen LogP contribution in [0.5, 0.6) is 17.2 Å². The molecule has 3 aromatic rings. The zero-order valence-corrected chi connectivity index (χ0v) is 23.0. The number of aryl methyl sites for hydroxylation is 1. The van der Waals surface area contributed by atoms with Gasteiger partial charge in [-0.25, -0.2) is 0 Å². The number of carbonyl (C=O) groups is 1. The van der Waals surface area contributed by atoms with Gasteiger partial charge in [0.25, 0.3) is 5.91 Å². The van der Waals surface area contributed by atoms with Gasteiger partial charge in [0, 0.05) is 50.5 Å². The fourth-order valence-corrected chi connectivity index (χ4v) is 4.76. The van der Waals surface area contributed by atoms with Crippen LogP contribution in [0.2, 0.25) is 0 Å². The van der Waals surface area contributed by atoms with Crippen LogP contribution in [-0.4, -0.2) is 64.4 Å². The molecule has 7 nitrogen and oxygen atoms in total. The minimum Gasteiger partial charge on any atom is -0.494 e. The molecule has 1 aliphatic heterocycles. The van der Waals surface area contributed by atoms with Crippen LogP contribution in [0, 0.1) is 13.8 Å². The van der Waals surface area contributed by atoms with Crippen molar-refractivity contribution in [2.45, 2.75) is 26.8 Å². The van der Waals surface area contributed by atoms with Crippen molar-refractivity contribution < 1.29 is 19.0 Å². The van der Waals surface area contributed by atoms with Gasteiger partial charge < -0.3 is 24.4 Å². The lowest BCUT2D eigenvalue weighted by molar-refractivity contribution is 0.0951. The molecule has 1 amide bonds. The summed E-state index contributed by atoms with van der Waals surface area (Å²) < 4.78 is 16.5. The smallest absolute Gasteiger partial charge is 0.251 e. The summed E-state index contributed by atoms with van der Waals surface area (Å²) in [5.41, 5.74) is 5.88. The normalized spacial score (nSPS) is 13.7. The summed E-state index contributed by atoms with van der Waals surface area (Å²) in [4.78, 5) is 17.5. The molecule has 1 saturated heterocycles. The Kier molecular flexibility index (Phi) is 9.49. The molecule has 202 valence electrons. The van der Waals surface area contributed by atoms with E-state index < -0.39 is 0 Å². The van der Waals surface area contributed by atoms with Crippen LogP contribution in [0.25, 0.3) is 0 Å². The van der Waals surface area contributed by atoms with E-state index in [4.69, 9.17) is 14.2 Å². The van der Waals surface area contributed by atoms with Gasteiger partial charge >= 0.3 is 0 Å². The largest absolute Gasteiger partial charge is 0.494 e. The van der Waals surface area contributed by atoms with Gasteiger partial charge in [0.1, 0.15) is 5.75 Å². The van der Waals surface area contributed by atoms with E-state index in [1.54, 1.807) is 32.4 Å². The predicted molar refractivity (Wildman–Crippen MR) is 152 cm³/mol. The number of hydrogen-bond donors (Lipinski definition) is 1. The van der Waals surface area contributed by atoms with Crippen molar-refractivity contribution in [2.75, 3.05) is 58.5 Å². The van der Waals surface area contributed by atoms with Crippen molar-refractivity contribution in [3.8, 4) is 17.2 Å². The molecule has 1 fully saturated rings. The second-order valence-corrected chi connectivity index (χ2v) is 9.66. The summed E-state index contributed by atoms with van der Waals surface area (Å²) >= 11 is 0. The minimum atomic E-state index is -0.148. The van der Waals surface area contributed by atoms with Crippen LogP contribution in [0.4, 0.5) is 5.69 Å². The van der Waals surface area contributed by atoms with Crippen LogP contribution in [0.3, 0.4) is 0 Å². The average Bonchev–Trinajstić information content (AvgIpc) is 2.94. The Hall–Kier alpha value is -3.71. The Morgan fingerprint density at radius 1 is 0.895 bits per heavy atom. The summed E-state index contributed by atoms with van der Waals surface area (Å²) in [5.74, 6) is 1.85. The number of methoxy groups -OCH3 is 2. The number of benzene rings is 3. The highest BCUT2D eigenvalue weighted by molar-refractivity contribution is 5.94. The number of hydrogen-bond acceptors (Lipinski definition) is 6. The maximum absolute atomic E-state index is 12.5. The van der Waals surface area contributed by atoms with Gasteiger partial charge in [0.15, 0.2) is 11.5 Å². The molecule has 38 heavy (non-hydrogen) atoms. The summed E-state index contributed by atoms with van der Waals surface area (Å²) in [6.07, 6.45) is 0.712. The van der Waals surface area contributed by atoms with Crippen molar-refractivity contribution in [1.29, 1.82) is 0 Å². The van der Waals surface area contributed by atoms with E-state index in [1.807, 2.05) is 6.07 Å². The van der Waals surface area contributed by atoms with Crippen molar-refractivity contribution in [3.05, 3.63) is 82.9 Å². The van der Waals surface area contributed by atoms with E-state index in [1.165, 1.54) is 22.4 Å². The van der Waals surface area contributed by atoms with Crippen LogP contribution >= 0.6 is 0 Å². The molecular formula is C31H39N3O4. The number of nitrogens with zero attached hydrogens (tertiary/aromatic N) is 2. The zero-order valence-electron chi connectivity index (χ0n) is 23.0. The molecule has 1 N–H and O–H groups in total. The minimum absolute atomic E-state index is 0.148. The van der Waals surface area contributed by atoms with Crippen molar-refractivity contribution in [2.24, 2.45) is 0 Å². The third-order valence-electron chi connectivity index (χ3n) is 7.11. The topological polar surface area (TPSA) is 63.3 Å². The third-order valence-corrected chi connectivity index (χ3v) is 7.11. The fourth-order valence-electron chi connectivity index (χ4n) is 4.76. The van der Waals surface area contributed by atoms with Gasteiger partial charge in [-0.15, -0.1) is 0 Å². The predicted octanol–water partition coefficient (Wildman–Crippen LogP) is 4.84. The molecule has 0 radical (unpaired) electrons. The first kappa shape index (κ1) is 27.3. The molecule has 1 heterocycles. The van der Waals surface area contributed by atoms with Gasteiger partial charge in [-0.1, -0.05) is 24.3 Å². The van der Waals surface area contributed by atoms with E-state index in [0.29, 0.717) is 36.6 Å². The number of piperazine rings is 1. The molecule has 4 rings (SSSR count). The van der Waals surface area contributed by atoms with E-state index in [9.17, 15) is 4.79 Å². The van der Waals surface area contributed by atoms with Gasteiger partial charge in [0.2, 0.25) is 0 Å². The Labute approximate surface area is 226 Å². The molecule has 0 aliphatic carbocycles. The SMILES string of the molecule is COc1ccc(C(=O)NCCCOc2cccc(CN3CCN(c4cccc(C)c4C)CC3)c2)cc1OC. The van der Waals surface area contributed by atoms with E-state index >= 15 is 0 Å². The first-order chi connectivity index (χ1) is 18.5. The van der Waals surface area contributed by atoms with Crippen molar-refractivity contribution in [1.82, 2.24) is 10.2 Å².